The molecule has 0 radical (unpaired) electrons. The van der Waals surface area contributed by atoms with E-state index in [4.69, 9.17) is 10.5 Å². The molecule has 0 amide bonds. The molecule has 0 spiro atoms. The lowest BCUT2D eigenvalue weighted by atomic mass is 10.2. The SMILES string of the molecule is N#CCN(CC#N)c1ccc(CBr)cc1Br. The lowest BCUT2D eigenvalue weighted by molar-refractivity contribution is 0.962. The summed E-state index contributed by atoms with van der Waals surface area (Å²) in [6.45, 7) is 0.416. The molecule has 0 aromatic heterocycles. The van der Waals surface area contributed by atoms with Crippen molar-refractivity contribution in [3.63, 3.8) is 0 Å². The van der Waals surface area contributed by atoms with E-state index in [1.807, 2.05) is 18.2 Å². The van der Waals surface area contributed by atoms with E-state index in [2.05, 4.69) is 44.0 Å². The van der Waals surface area contributed by atoms with Crippen LogP contribution in [0.15, 0.2) is 22.7 Å². The molecule has 0 heterocycles. The predicted molar refractivity (Wildman–Crippen MR) is 70.2 cm³/mol. The van der Waals surface area contributed by atoms with Crippen LogP contribution in [0.4, 0.5) is 5.69 Å². The summed E-state index contributed by atoms with van der Waals surface area (Å²) in [5, 5.41) is 18.2. The van der Waals surface area contributed by atoms with Crippen LogP contribution in [0.25, 0.3) is 0 Å². The lowest BCUT2D eigenvalue weighted by Gasteiger charge is -2.19. The van der Waals surface area contributed by atoms with Gasteiger partial charge in [0.25, 0.3) is 0 Å². The van der Waals surface area contributed by atoms with Crippen LogP contribution in [0.1, 0.15) is 5.56 Å². The topological polar surface area (TPSA) is 50.8 Å². The molecule has 0 bridgehead atoms. The van der Waals surface area contributed by atoms with Gasteiger partial charge in [-0.3, -0.25) is 0 Å². The summed E-state index contributed by atoms with van der Waals surface area (Å²) in [6, 6.07) is 9.96. The Labute approximate surface area is 112 Å². The van der Waals surface area contributed by atoms with E-state index in [0.29, 0.717) is 0 Å². The molecule has 0 aliphatic carbocycles. The Morgan fingerprint density at radius 3 is 2.25 bits per heavy atom. The molecule has 0 saturated carbocycles. The molecule has 3 nitrogen and oxygen atoms in total. The second-order valence-electron chi connectivity index (χ2n) is 3.09. The van der Waals surface area contributed by atoms with E-state index in [1.165, 1.54) is 0 Å². The number of hydrogen-bond acceptors (Lipinski definition) is 3. The number of nitrogens with zero attached hydrogens (tertiary/aromatic N) is 3. The Bertz CT molecular complexity index is 430. The van der Waals surface area contributed by atoms with Crippen molar-refractivity contribution in [1.82, 2.24) is 0 Å². The zero-order chi connectivity index (χ0) is 12.0. The van der Waals surface area contributed by atoms with Crippen molar-refractivity contribution < 1.29 is 0 Å². The first-order chi connectivity index (χ1) is 7.72. The van der Waals surface area contributed by atoms with Crippen LogP contribution in [-0.2, 0) is 5.33 Å². The summed E-state index contributed by atoms with van der Waals surface area (Å²) in [4.78, 5) is 1.72. The van der Waals surface area contributed by atoms with Gasteiger partial charge in [0.05, 0.1) is 17.8 Å². The molecular weight excluding hydrogens is 334 g/mol. The second-order valence-corrected chi connectivity index (χ2v) is 4.51. The van der Waals surface area contributed by atoms with Gasteiger partial charge in [0.2, 0.25) is 0 Å². The highest BCUT2D eigenvalue weighted by Crippen LogP contribution is 2.27. The van der Waals surface area contributed by atoms with Gasteiger partial charge in [0.15, 0.2) is 0 Å². The minimum absolute atomic E-state index is 0.208. The van der Waals surface area contributed by atoms with Crippen LogP contribution in [0.5, 0.6) is 0 Å². The minimum Gasteiger partial charge on any atom is -0.344 e. The third kappa shape index (κ3) is 3.23. The van der Waals surface area contributed by atoms with E-state index < -0.39 is 0 Å². The van der Waals surface area contributed by atoms with Crippen molar-refractivity contribution >= 4 is 37.5 Å². The first-order valence-corrected chi connectivity index (χ1v) is 6.47. The molecule has 1 aromatic rings. The fourth-order valence-electron chi connectivity index (χ4n) is 1.29. The maximum Gasteiger partial charge on any atom is 0.107 e. The number of nitriles is 2. The van der Waals surface area contributed by atoms with E-state index in [1.54, 1.807) is 4.90 Å². The van der Waals surface area contributed by atoms with Gasteiger partial charge in [-0.2, -0.15) is 10.5 Å². The normalized spacial score (nSPS) is 9.25. The quantitative estimate of drug-likeness (QED) is 0.623. The van der Waals surface area contributed by atoms with Gasteiger partial charge in [-0.25, -0.2) is 0 Å². The monoisotopic (exact) mass is 341 g/mol. The molecule has 16 heavy (non-hydrogen) atoms. The standard InChI is InChI=1S/C11H9Br2N3/c12-8-9-1-2-11(10(13)7-9)16(5-3-14)6-4-15/h1-2,7H,5-6,8H2. The van der Waals surface area contributed by atoms with Gasteiger partial charge in [-0.15, -0.1) is 0 Å². The van der Waals surface area contributed by atoms with Crippen molar-refractivity contribution in [3.8, 4) is 12.1 Å². The van der Waals surface area contributed by atoms with Crippen LogP contribution >= 0.6 is 31.9 Å². The molecule has 82 valence electrons. The van der Waals surface area contributed by atoms with Gasteiger partial charge in [0, 0.05) is 9.80 Å². The zero-order valence-electron chi connectivity index (χ0n) is 8.45. The Kier molecular flexibility index (Phi) is 5.31. The fraction of sp³-hybridized carbons (Fsp3) is 0.273. The van der Waals surface area contributed by atoms with Crippen molar-refractivity contribution in [3.05, 3.63) is 28.2 Å². The van der Waals surface area contributed by atoms with Crippen LogP contribution in [0.3, 0.4) is 0 Å². The Morgan fingerprint density at radius 2 is 1.81 bits per heavy atom. The third-order valence-corrected chi connectivity index (χ3v) is 3.31. The van der Waals surface area contributed by atoms with Crippen molar-refractivity contribution in [2.75, 3.05) is 18.0 Å². The minimum atomic E-state index is 0.208. The number of rotatable bonds is 4. The summed E-state index contributed by atoms with van der Waals surface area (Å²) < 4.78 is 0.898. The van der Waals surface area contributed by atoms with Gasteiger partial charge < -0.3 is 4.90 Å². The molecule has 0 aliphatic rings. The van der Waals surface area contributed by atoms with Crippen LogP contribution in [0, 0.1) is 22.7 Å². The molecule has 0 N–H and O–H groups in total. The molecule has 1 rings (SSSR count). The number of benzene rings is 1. The molecular formula is C11H9Br2N3. The number of alkyl halides is 1. The Morgan fingerprint density at radius 1 is 1.19 bits per heavy atom. The molecule has 0 unspecified atom stereocenters. The summed E-state index contributed by atoms with van der Waals surface area (Å²) in [5.41, 5.74) is 2.01. The smallest absolute Gasteiger partial charge is 0.107 e. The largest absolute Gasteiger partial charge is 0.344 e. The van der Waals surface area contributed by atoms with E-state index in [0.717, 1.165) is 21.1 Å². The zero-order valence-corrected chi connectivity index (χ0v) is 11.6. The van der Waals surface area contributed by atoms with E-state index in [9.17, 15) is 0 Å². The average Bonchev–Trinajstić information content (AvgIpc) is 2.29. The third-order valence-electron chi connectivity index (χ3n) is 2.03. The van der Waals surface area contributed by atoms with Crippen LogP contribution < -0.4 is 4.90 Å². The average molecular weight is 343 g/mol. The molecule has 0 fully saturated rings. The Hall–Kier alpha value is -1.04. The number of hydrogen-bond donors (Lipinski definition) is 0. The highest BCUT2D eigenvalue weighted by Gasteiger charge is 2.09. The molecule has 5 heteroatoms. The van der Waals surface area contributed by atoms with Crippen LogP contribution in [-0.4, -0.2) is 13.1 Å². The van der Waals surface area contributed by atoms with E-state index >= 15 is 0 Å². The number of anilines is 1. The summed E-state index contributed by atoms with van der Waals surface area (Å²) >= 11 is 6.82. The summed E-state index contributed by atoms with van der Waals surface area (Å²) in [7, 11) is 0. The molecule has 1 aromatic carbocycles. The maximum atomic E-state index is 8.69. The van der Waals surface area contributed by atoms with Crippen molar-refractivity contribution in [2.45, 2.75) is 5.33 Å². The summed E-state index contributed by atoms with van der Waals surface area (Å²) in [6.07, 6.45) is 0. The lowest BCUT2D eigenvalue weighted by Crippen LogP contribution is -2.24. The second kappa shape index (κ2) is 6.52. The number of halogens is 2. The maximum absolute atomic E-state index is 8.69. The Balaban J connectivity index is 3.02. The molecule has 0 saturated heterocycles. The first kappa shape index (κ1) is 13.0. The van der Waals surface area contributed by atoms with E-state index in [-0.39, 0.29) is 13.1 Å². The molecule has 0 atom stereocenters. The fourth-order valence-corrected chi connectivity index (χ4v) is 2.31. The summed E-state index contributed by atoms with van der Waals surface area (Å²) in [5.74, 6) is 0. The van der Waals surface area contributed by atoms with Gasteiger partial charge in [0.1, 0.15) is 13.1 Å². The van der Waals surface area contributed by atoms with Gasteiger partial charge in [-0.05, 0) is 33.6 Å². The van der Waals surface area contributed by atoms with Crippen LogP contribution in [0.2, 0.25) is 0 Å². The highest BCUT2D eigenvalue weighted by molar-refractivity contribution is 9.10. The van der Waals surface area contributed by atoms with Crippen molar-refractivity contribution in [2.24, 2.45) is 0 Å². The van der Waals surface area contributed by atoms with Crippen molar-refractivity contribution in [1.29, 1.82) is 10.5 Å². The first-order valence-electron chi connectivity index (χ1n) is 4.56. The van der Waals surface area contributed by atoms with Gasteiger partial charge in [-0.1, -0.05) is 22.0 Å². The van der Waals surface area contributed by atoms with Gasteiger partial charge >= 0.3 is 0 Å². The highest BCUT2D eigenvalue weighted by atomic mass is 79.9. The predicted octanol–water partition coefficient (Wildman–Crippen LogP) is 3.20. The molecule has 0 aliphatic heterocycles.